The summed E-state index contributed by atoms with van der Waals surface area (Å²) in [5.41, 5.74) is 3.56. The number of nitrogens with zero attached hydrogens (tertiary/aromatic N) is 5. The summed E-state index contributed by atoms with van der Waals surface area (Å²) in [5, 5.41) is 12.4. The minimum Gasteiger partial charge on any atom is -0.320 e. The number of aryl methyl sites for hydroxylation is 2. The van der Waals surface area contributed by atoms with Crippen molar-refractivity contribution in [2.45, 2.75) is 6.92 Å². The monoisotopic (exact) mass is 332 g/mol. The van der Waals surface area contributed by atoms with Crippen LogP contribution in [-0.2, 0) is 7.05 Å². The fourth-order valence-corrected chi connectivity index (χ4v) is 2.82. The van der Waals surface area contributed by atoms with Gasteiger partial charge in [-0.2, -0.15) is 10.2 Å². The number of rotatable bonds is 3. The van der Waals surface area contributed by atoms with Crippen LogP contribution in [0.5, 0.6) is 0 Å². The van der Waals surface area contributed by atoms with E-state index in [0.29, 0.717) is 11.3 Å². The second-order valence-electron chi connectivity index (χ2n) is 5.73. The van der Waals surface area contributed by atoms with Crippen molar-refractivity contribution in [3.8, 4) is 5.69 Å². The first-order chi connectivity index (χ1) is 12.1. The largest absolute Gasteiger partial charge is 0.320 e. The number of para-hydroxylation sites is 2. The lowest BCUT2D eigenvalue weighted by atomic mass is 10.2. The van der Waals surface area contributed by atoms with Crippen LogP contribution in [0.2, 0.25) is 0 Å². The average Bonchev–Trinajstić information content (AvgIpc) is 3.24. The number of carbonyl (C=O) groups excluding carboxylic acids is 1. The molecule has 1 aromatic carbocycles. The molecule has 7 nitrogen and oxygen atoms in total. The second-order valence-corrected chi connectivity index (χ2v) is 5.73. The fourth-order valence-electron chi connectivity index (χ4n) is 2.82. The molecular formula is C18H16N6O. The highest BCUT2D eigenvalue weighted by molar-refractivity contribution is 6.06. The minimum atomic E-state index is -0.225. The zero-order valence-electron chi connectivity index (χ0n) is 13.8. The maximum Gasteiger partial charge on any atom is 0.257 e. The zero-order valence-corrected chi connectivity index (χ0v) is 13.8. The Hall–Kier alpha value is -3.48. The van der Waals surface area contributed by atoms with Crippen molar-refractivity contribution in [2.75, 3.05) is 5.32 Å². The summed E-state index contributed by atoms with van der Waals surface area (Å²) < 4.78 is 3.42. The molecule has 0 unspecified atom stereocenters. The first kappa shape index (κ1) is 15.1. The topological polar surface area (TPSA) is 77.6 Å². The number of hydrogen-bond donors (Lipinski definition) is 1. The predicted molar refractivity (Wildman–Crippen MR) is 94.8 cm³/mol. The van der Waals surface area contributed by atoms with Crippen molar-refractivity contribution in [3.63, 3.8) is 0 Å². The Labute approximate surface area is 143 Å². The lowest BCUT2D eigenvalue weighted by Crippen LogP contribution is -2.14. The molecule has 1 N–H and O–H groups in total. The molecule has 0 saturated heterocycles. The Bertz CT molecular complexity index is 1060. The van der Waals surface area contributed by atoms with Crippen molar-refractivity contribution >= 4 is 22.6 Å². The van der Waals surface area contributed by atoms with E-state index in [1.165, 1.54) is 0 Å². The van der Waals surface area contributed by atoms with Gasteiger partial charge in [0.05, 0.1) is 22.6 Å². The number of pyridine rings is 1. The molecule has 0 radical (unpaired) electrons. The van der Waals surface area contributed by atoms with Crippen LogP contribution in [0.15, 0.2) is 55.0 Å². The summed E-state index contributed by atoms with van der Waals surface area (Å²) in [5.74, 6) is -0.225. The number of aromatic nitrogens is 5. The number of anilines is 1. The van der Waals surface area contributed by atoms with Gasteiger partial charge in [0.25, 0.3) is 5.91 Å². The van der Waals surface area contributed by atoms with Crippen LogP contribution in [0.25, 0.3) is 16.7 Å². The third kappa shape index (κ3) is 2.65. The smallest absolute Gasteiger partial charge is 0.257 e. The molecule has 0 aliphatic heterocycles. The highest BCUT2D eigenvalue weighted by Crippen LogP contribution is 2.21. The van der Waals surface area contributed by atoms with E-state index in [1.807, 2.05) is 56.6 Å². The molecule has 0 atom stereocenters. The van der Waals surface area contributed by atoms with Crippen LogP contribution in [0, 0.1) is 6.92 Å². The first-order valence-corrected chi connectivity index (χ1v) is 7.83. The van der Waals surface area contributed by atoms with Gasteiger partial charge in [-0.05, 0) is 31.2 Å². The minimum absolute atomic E-state index is 0.225. The fraction of sp³-hybridized carbons (Fsp3) is 0.111. The van der Waals surface area contributed by atoms with Gasteiger partial charge in [0.1, 0.15) is 0 Å². The lowest BCUT2D eigenvalue weighted by Gasteiger charge is -2.11. The van der Waals surface area contributed by atoms with Crippen LogP contribution in [0.1, 0.15) is 16.1 Å². The van der Waals surface area contributed by atoms with E-state index in [9.17, 15) is 4.79 Å². The number of fused-ring (bicyclic) bond motifs is 1. The lowest BCUT2D eigenvalue weighted by molar-refractivity contribution is 0.102. The van der Waals surface area contributed by atoms with Crippen LogP contribution in [-0.4, -0.2) is 30.5 Å². The van der Waals surface area contributed by atoms with Crippen molar-refractivity contribution < 1.29 is 4.79 Å². The highest BCUT2D eigenvalue weighted by Gasteiger charge is 2.14. The van der Waals surface area contributed by atoms with E-state index in [-0.39, 0.29) is 5.91 Å². The van der Waals surface area contributed by atoms with E-state index in [4.69, 9.17) is 0 Å². The molecule has 1 amide bonds. The molecule has 3 heterocycles. The maximum atomic E-state index is 12.7. The maximum absolute atomic E-state index is 12.7. The van der Waals surface area contributed by atoms with E-state index < -0.39 is 0 Å². The molecule has 4 rings (SSSR count). The van der Waals surface area contributed by atoms with Crippen molar-refractivity contribution in [2.24, 2.45) is 7.05 Å². The van der Waals surface area contributed by atoms with Crippen molar-refractivity contribution in [1.29, 1.82) is 0 Å². The van der Waals surface area contributed by atoms with E-state index in [2.05, 4.69) is 20.5 Å². The SMILES string of the molecule is Cc1nn(C)c2ncc(C(=O)Nc3ccccc3-n3cccn3)cc12. The molecule has 0 bridgehead atoms. The Kier molecular flexibility index (Phi) is 3.53. The quantitative estimate of drug-likeness (QED) is 0.626. The van der Waals surface area contributed by atoms with Gasteiger partial charge in [-0.1, -0.05) is 12.1 Å². The Balaban J connectivity index is 1.68. The summed E-state index contributed by atoms with van der Waals surface area (Å²) >= 11 is 0. The molecule has 0 aliphatic carbocycles. The van der Waals surface area contributed by atoms with Gasteiger partial charge in [-0.3, -0.25) is 9.48 Å². The van der Waals surface area contributed by atoms with Gasteiger partial charge < -0.3 is 5.32 Å². The second kappa shape index (κ2) is 5.86. The molecule has 3 aromatic heterocycles. The molecule has 4 aromatic rings. The molecule has 124 valence electrons. The van der Waals surface area contributed by atoms with Crippen LogP contribution in [0.3, 0.4) is 0 Å². The Morgan fingerprint density at radius 3 is 2.84 bits per heavy atom. The number of benzene rings is 1. The molecule has 0 fully saturated rings. The molecule has 0 saturated carbocycles. The first-order valence-electron chi connectivity index (χ1n) is 7.83. The third-order valence-corrected chi connectivity index (χ3v) is 4.03. The predicted octanol–water partition coefficient (Wildman–Crippen LogP) is 2.71. The average molecular weight is 332 g/mol. The Morgan fingerprint density at radius 2 is 2.04 bits per heavy atom. The third-order valence-electron chi connectivity index (χ3n) is 4.03. The van der Waals surface area contributed by atoms with E-state index in [0.717, 1.165) is 22.4 Å². The van der Waals surface area contributed by atoms with E-state index >= 15 is 0 Å². The van der Waals surface area contributed by atoms with Crippen molar-refractivity contribution in [3.05, 3.63) is 66.2 Å². The molecule has 0 spiro atoms. The molecule has 0 aliphatic rings. The number of carbonyl (C=O) groups is 1. The summed E-state index contributed by atoms with van der Waals surface area (Å²) in [4.78, 5) is 17.0. The number of nitrogens with one attached hydrogen (secondary N) is 1. The number of amides is 1. The summed E-state index contributed by atoms with van der Waals surface area (Å²) in [7, 11) is 1.84. The standard InChI is InChI=1S/C18H16N6O/c1-12-14-10-13(11-19-17(14)23(2)22-12)18(25)21-15-6-3-4-7-16(15)24-9-5-8-20-24/h3-11H,1-2H3,(H,21,25). The summed E-state index contributed by atoms with van der Waals surface area (Å²) in [6.07, 6.45) is 5.09. The molecule has 7 heteroatoms. The van der Waals surface area contributed by atoms with Gasteiger partial charge in [-0.25, -0.2) is 9.67 Å². The van der Waals surface area contributed by atoms with Gasteiger partial charge in [0.15, 0.2) is 5.65 Å². The van der Waals surface area contributed by atoms with Gasteiger partial charge in [0, 0.05) is 31.0 Å². The van der Waals surface area contributed by atoms with Gasteiger partial charge >= 0.3 is 0 Å². The Morgan fingerprint density at radius 1 is 1.20 bits per heavy atom. The van der Waals surface area contributed by atoms with Crippen LogP contribution < -0.4 is 5.32 Å². The molecule has 25 heavy (non-hydrogen) atoms. The van der Waals surface area contributed by atoms with Gasteiger partial charge in [-0.15, -0.1) is 0 Å². The zero-order chi connectivity index (χ0) is 17.4. The highest BCUT2D eigenvalue weighted by atomic mass is 16.1. The summed E-state index contributed by atoms with van der Waals surface area (Å²) in [6, 6.07) is 11.2. The van der Waals surface area contributed by atoms with Crippen LogP contribution in [0.4, 0.5) is 5.69 Å². The van der Waals surface area contributed by atoms with E-state index in [1.54, 1.807) is 21.8 Å². The van der Waals surface area contributed by atoms with Crippen molar-refractivity contribution in [1.82, 2.24) is 24.5 Å². The summed E-state index contributed by atoms with van der Waals surface area (Å²) in [6.45, 7) is 1.90. The van der Waals surface area contributed by atoms with Gasteiger partial charge in [0.2, 0.25) is 0 Å². The molecular weight excluding hydrogens is 316 g/mol. The number of hydrogen-bond acceptors (Lipinski definition) is 4. The van der Waals surface area contributed by atoms with Crippen LogP contribution >= 0.6 is 0 Å². The normalized spacial score (nSPS) is 11.0.